The molecule has 2 heterocycles. The topological polar surface area (TPSA) is 64.1 Å². The fourth-order valence-electron chi connectivity index (χ4n) is 5.45. The average Bonchev–Trinajstić information content (AvgIpc) is 2.92. The van der Waals surface area contributed by atoms with Gasteiger partial charge in [-0.1, -0.05) is 54.0 Å². The van der Waals surface area contributed by atoms with Gasteiger partial charge in [0.2, 0.25) is 5.91 Å². The summed E-state index contributed by atoms with van der Waals surface area (Å²) in [6.45, 7) is 7.50. The number of amides is 2. The molecule has 0 unspecified atom stereocenters. The Balaban J connectivity index is 1.32. The molecule has 2 aliphatic heterocycles. The lowest BCUT2D eigenvalue weighted by molar-refractivity contribution is -0.132. The molecule has 5 rings (SSSR count). The van der Waals surface area contributed by atoms with Crippen molar-refractivity contribution in [2.75, 3.05) is 31.1 Å². The van der Waals surface area contributed by atoms with E-state index in [2.05, 4.69) is 52.9 Å². The largest absolute Gasteiger partial charge is 0.508 e. The number of benzene rings is 3. The summed E-state index contributed by atoms with van der Waals surface area (Å²) in [6, 6.07) is 21.2. The van der Waals surface area contributed by atoms with E-state index < -0.39 is 0 Å². The number of anilines is 1. The molecule has 0 saturated carbocycles. The maximum absolute atomic E-state index is 13.9. The van der Waals surface area contributed by atoms with Crippen molar-refractivity contribution < 1.29 is 14.7 Å². The van der Waals surface area contributed by atoms with Gasteiger partial charge in [0.05, 0.1) is 0 Å². The fraction of sp³-hybridized carbons (Fsp3) is 0.355. The van der Waals surface area contributed by atoms with E-state index in [0.717, 1.165) is 34.4 Å². The molecule has 1 atom stereocenters. The summed E-state index contributed by atoms with van der Waals surface area (Å²) < 4.78 is 0.892. The number of fused-ring (bicyclic) bond motifs is 1. The molecule has 7 heteroatoms. The molecular weight excluding hydrogens is 542 g/mol. The number of halogens is 1. The first kappa shape index (κ1) is 26.3. The number of phenols is 1. The van der Waals surface area contributed by atoms with Crippen molar-refractivity contribution in [1.82, 2.24) is 9.80 Å². The lowest BCUT2D eigenvalue weighted by Crippen LogP contribution is -2.51. The van der Waals surface area contributed by atoms with Gasteiger partial charge in [-0.05, 0) is 71.5 Å². The third-order valence-electron chi connectivity index (χ3n) is 7.71. The third-order valence-corrected chi connectivity index (χ3v) is 8.17. The molecule has 1 saturated heterocycles. The molecule has 2 amide bonds. The SMILES string of the molecule is CC(C)c1cc(Br)cc(C(=O)N2Cc3ccccc3C[C@@H]2CC(=O)N2CCN(c3ccc(O)cc3)CC2)c1. The van der Waals surface area contributed by atoms with Crippen LogP contribution in [0, 0.1) is 0 Å². The fourth-order valence-corrected chi connectivity index (χ4v) is 5.96. The predicted molar refractivity (Wildman–Crippen MR) is 154 cm³/mol. The van der Waals surface area contributed by atoms with Gasteiger partial charge in [0.25, 0.3) is 5.91 Å². The van der Waals surface area contributed by atoms with Gasteiger partial charge in [0.1, 0.15) is 5.75 Å². The van der Waals surface area contributed by atoms with Gasteiger partial charge in [-0.15, -0.1) is 0 Å². The molecule has 38 heavy (non-hydrogen) atoms. The minimum Gasteiger partial charge on any atom is -0.508 e. The Hall–Kier alpha value is -3.32. The molecular formula is C31H34BrN3O3. The molecule has 1 N–H and O–H groups in total. The maximum Gasteiger partial charge on any atom is 0.254 e. The van der Waals surface area contributed by atoms with Crippen molar-refractivity contribution in [3.63, 3.8) is 0 Å². The first-order valence-electron chi connectivity index (χ1n) is 13.3. The van der Waals surface area contributed by atoms with E-state index in [-0.39, 0.29) is 23.6 Å². The molecule has 198 valence electrons. The Labute approximate surface area is 233 Å². The standard InChI is InChI=1S/C31H34BrN3O3/c1-21(2)24-15-25(17-26(32)16-24)31(38)35-20-23-6-4-3-5-22(23)18-28(35)19-30(37)34-13-11-33(12-14-34)27-7-9-29(36)10-8-27/h3-10,15-17,21,28,36H,11-14,18-20H2,1-2H3/t28-/m1/s1. The van der Waals surface area contributed by atoms with Crippen LogP contribution in [-0.2, 0) is 17.8 Å². The Morgan fingerprint density at radius 1 is 0.947 bits per heavy atom. The van der Waals surface area contributed by atoms with Crippen LogP contribution < -0.4 is 4.90 Å². The number of phenolic OH excluding ortho intramolecular Hbond substituents is 1. The molecule has 1 fully saturated rings. The minimum atomic E-state index is -0.193. The Morgan fingerprint density at radius 2 is 1.63 bits per heavy atom. The Morgan fingerprint density at radius 3 is 2.32 bits per heavy atom. The Bertz CT molecular complexity index is 1320. The minimum absolute atomic E-state index is 0.0300. The van der Waals surface area contributed by atoms with E-state index in [1.165, 1.54) is 5.56 Å². The zero-order chi connectivity index (χ0) is 26.8. The van der Waals surface area contributed by atoms with Crippen LogP contribution in [0.15, 0.2) is 71.2 Å². The summed E-state index contributed by atoms with van der Waals surface area (Å²) in [5, 5.41) is 9.57. The first-order chi connectivity index (χ1) is 18.3. The number of aromatic hydroxyl groups is 1. The van der Waals surface area contributed by atoms with Crippen molar-refractivity contribution >= 4 is 33.4 Å². The summed E-state index contributed by atoms with van der Waals surface area (Å²) in [5.41, 5.74) is 5.17. The van der Waals surface area contributed by atoms with E-state index in [1.54, 1.807) is 12.1 Å². The van der Waals surface area contributed by atoms with Crippen molar-refractivity contribution in [1.29, 1.82) is 0 Å². The number of carbonyl (C=O) groups excluding carboxylic acids is 2. The lowest BCUT2D eigenvalue weighted by atomic mass is 9.91. The van der Waals surface area contributed by atoms with Gasteiger partial charge < -0.3 is 19.8 Å². The molecule has 0 spiro atoms. The highest BCUT2D eigenvalue weighted by atomic mass is 79.9. The molecule has 0 aliphatic carbocycles. The highest BCUT2D eigenvalue weighted by Gasteiger charge is 2.34. The van der Waals surface area contributed by atoms with Gasteiger partial charge in [0.15, 0.2) is 0 Å². The number of carbonyl (C=O) groups is 2. The molecule has 0 radical (unpaired) electrons. The van der Waals surface area contributed by atoms with E-state index in [4.69, 9.17) is 0 Å². The molecule has 2 aliphatic rings. The van der Waals surface area contributed by atoms with Crippen molar-refractivity contribution in [3.8, 4) is 5.75 Å². The zero-order valence-electron chi connectivity index (χ0n) is 21.9. The van der Waals surface area contributed by atoms with Crippen LogP contribution in [0.2, 0.25) is 0 Å². The van der Waals surface area contributed by atoms with Gasteiger partial charge >= 0.3 is 0 Å². The van der Waals surface area contributed by atoms with Crippen molar-refractivity contribution in [2.45, 2.75) is 45.2 Å². The van der Waals surface area contributed by atoms with Crippen LogP contribution in [0.1, 0.15) is 53.2 Å². The van der Waals surface area contributed by atoms with E-state index in [1.807, 2.05) is 46.2 Å². The average molecular weight is 577 g/mol. The molecule has 0 bridgehead atoms. The maximum atomic E-state index is 13.9. The van der Waals surface area contributed by atoms with Gasteiger partial charge in [0, 0.05) is 60.9 Å². The molecule has 0 aromatic heterocycles. The van der Waals surface area contributed by atoms with Crippen LogP contribution in [0.25, 0.3) is 0 Å². The zero-order valence-corrected chi connectivity index (χ0v) is 23.5. The highest BCUT2D eigenvalue weighted by molar-refractivity contribution is 9.10. The van der Waals surface area contributed by atoms with Crippen LogP contribution in [0.4, 0.5) is 5.69 Å². The van der Waals surface area contributed by atoms with Gasteiger partial charge in [-0.25, -0.2) is 0 Å². The third kappa shape index (κ3) is 5.73. The number of piperazine rings is 1. The van der Waals surface area contributed by atoms with Gasteiger partial charge in [-0.2, -0.15) is 0 Å². The summed E-state index contributed by atoms with van der Waals surface area (Å²) in [6.07, 6.45) is 0.983. The van der Waals surface area contributed by atoms with Crippen LogP contribution in [-0.4, -0.2) is 58.9 Å². The number of hydrogen-bond acceptors (Lipinski definition) is 4. The second-order valence-corrected chi connectivity index (χ2v) is 11.5. The van der Waals surface area contributed by atoms with E-state index >= 15 is 0 Å². The van der Waals surface area contributed by atoms with Gasteiger partial charge in [-0.3, -0.25) is 9.59 Å². The summed E-state index contributed by atoms with van der Waals surface area (Å²) in [5.74, 6) is 0.616. The van der Waals surface area contributed by atoms with Crippen molar-refractivity contribution in [2.24, 2.45) is 0 Å². The summed E-state index contributed by atoms with van der Waals surface area (Å²) in [4.78, 5) is 33.4. The van der Waals surface area contributed by atoms with Crippen LogP contribution >= 0.6 is 15.9 Å². The van der Waals surface area contributed by atoms with E-state index in [0.29, 0.717) is 44.0 Å². The number of rotatable bonds is 5. The smallest absolute Gasteiger partial charge is 0.254 e. The second kappa shape index (κ2) is 11.2. The molecule has 3 aromatic carbocycles. The van der Waals surface area contributed by atoms with Crippen LogP contribution in [0.5, 0.6) is 5.75 Å². The van der Waals surface area contributed by atoms with Crippen molar-refractivity contribution in [3.05, 3.63) is 93.5 Å². The van der Waals surface area contributed by atoms with Crippen LogP contribution in [0.3, 0.4) is 0 Å². The van der Waals surface area contributed by atoms with E-state index in [9.17, 15) is 14.7 Å². The normalized spacial score (nSPS) is 17.5. The molecule has 3 aromatic rings. The Kier molecular flexibility index (Phi) is 7.75. The number of nitrogens with zero attached hydrogens (tertiary/aromatic N) is 3. The highest BCUT2D eigenvalue weighted by Crippen LogP contribution is 2.30. The number of hydrogen-bond donors (Lipinski definition) is 1. The second-order valence-electron chi connectivity index (χ2n) is 10.6. The first-order valence-corrected chi connectivity index (χ1v) is 14.1. The lowest BCUT2D eigenvalue weighted by Gasteiger charge is -2.40. The molecule has 6 nitrogen and oxygen atoms in total. The summed E-state index contributed by atoms with van der Waals surface area (Å²) >= 11 is 3.58. The predicted octanol–water partition coefficient (Wildman–Crippen LogP) is 5.58. The monoisotopic (exact) mass is 575 g/mol. The quantitative estimate of drug-likeness (QED) is 0.431. The summed E-state index contributed by atoms with van der Waals surface area (Å²) in [7, 11) is 0.